The molecule has 2 aromatic rings. The van der Waals surface area contributed by atoms with Crippen molar-refractivity contribution in [2.75, 3.05) is 6.61 Å². The molecular formula is C16H16BrClO3. The van der Waals surface area contributed by atoms with Crippen molar-refractivity contribution < 1.29 is 14.6 Å². The molecule has 0 aromatic heterocycles. The Morgan fingerprint density at radius 2 is 1.81 bits per heavy atom. The van der Waals surface area contributed by atoms with E-state index in [9.17, 15) is 5.11 Å². The quantitative estimate of drug-likeness (QED) is 0.808. The summed E-state index contributed by atoms with van der Waals surface area (Å²) in [6.07, 6.45) is 0. The van der Waals surface area contributed by atoms with E-state index in [2.05, 4.69) is 15.9 Å². The van der Waals surface area contributed by atoms with E-state index in [1.807, 2.05) is 31.2 Å². The molecule has 0 aliphatic rings. The zero-order chi connectivity index (χ0) is 15.2. The second-order valence-electron chi connectivity index (χ2n) is 4.36. The number of ether oxygens (including phenoxy) is 2. The Labute approximate surface area is 137 Å². The van der Waals surface area contributed by atoms with E-state index in [1.54, 1.807) is 12.1 Å². The first-order chi connectivity index (χ1) is 10.2. The molecule has 0 spiro atoms. The van der Waals surface area contributed by atoms with E-state index >= 15 is 0 Å². The molecule has 0 radical (unpaired) electrons. The number of benzene rings is 2. The van der Waals surface area contributed by atoms with Crippen molar-refractivity contribution in [2.24, 2.45) is 0 Å². The van der Waals surface area contributed by atoms with Crippen molar-refractivity contribution in [1.82, 2.24) is 0 Å². The Bertz CT molecular complexity index is 616. The smallest absolute Gasteiger partial charge is 0.162 e. The van der Waals surface area contributed by atoms with Crippen molar-refractivity contribution in [2.45, 2.75) is 20.1 Å². The minimum absolute atomic E-state index is 0.0640. The predicted octanol–water partition coefficient (Wildman–Crippen LogP) is 4.57. The average Bonchev–Trinajstić information content (AvgIpc) is 2.48. The molecule has 2 rings (SSSR count). The number of hydrogen-bond acceptors (Lipinski definition) is 3. The molecule has 21 heavy (non-hydrogen) atoms. The summed E-state index contributed by atoms with van der Waals surface area (Å²) in [4.78, 5) is 0. The molecule has 0 heterocycles. The van der Waals surface area contributed by atoms with Gasteiger partial charge in [0.15, 0.2) is 11.5 Å². The lowest BCUT2D eigenvalue weighted by Gasteiger charge is -2.14. The first-order valence-corrected chi connectivity index (χ1v) is 7.75. The molecule has 0 amide bonds. The summed E-state index contributed by atoms with van der Waals surface area (Å²) < 4.78 is 12.2. The SMILES string of the molecule is CCOc1cc(CO)c(Br)cc1OCc1ccccc1Cl. The van der Waals surface area contributed by atoms with Crippen LogP contribution < -0.4 is 9.47 Å². The number of hydrogen-bond donors (Lipinski definition) is 1. The summed E-state index contributed by atoms with van der Waals surface area (Å²) in [7, 11) is 0. The van der Waals surface area contributed by atoms with Gasteiger partial charge in [0.2, 0.25) is 0 Å². The van der Waals surface area contributed by atoms with Gasteiger partial charge in [-0.3, -0.25) is 0 Å². The van der Waals surface area contributed by atoms with Crippen molar-refractivity contribution in [3.05, 3.63) is 57.0 Å². The number of aliphatic hydroxyl groups excluding tert-OH is 1. The van der Waals surface area contributed by atoms with Crippen LogP contribution in [0.15, 0.2) is 40.9 Å². The van der Waals surface area contributed by atoms with E-state index in [4.69, 9.17) is 21.1 Å². The van der Waals surface area contributed by atoms with Gasteiger partial charge < -0.3 is 14.6 Å². The second-order valence-corrected chi connectivity index (χ2v) is 5.62. The Morgan fingerprint density at radius 3 is 2.48 bits per heavy atom. The molecule has 1 N–H and O–H groups in total. The maximum atomic E-state index is 9.30. The lowest BCUT2D eigenvalue weighted by atomic mass is 10.2. The van der Waals surface area contributed by atoms with E-state index in [0.717, 1.165) is 15.6 Å². The first-order valence-electron chi connectivity index (χ1n) is 6.58. The van der Waals surface area contributed by atoms with Crippen molar-refractivity contribution >= 4 is 27.5 Å². The highest BCUT2D eigenvalue weighted by atomic mass is 79.9. The van der Waals surface area contributed by atoms with Crippen LogP contribution in [0.25, 0.3) is 0 Å². The predicted molar refractivity (Wildman–Crippen MR) is 87.0 cm³/mol. The molecule has 3 nitrogen and oxygen atoms in total. The molecule has 0 saturated carbocycles. The minimum Gasteiger partial charge on any atom is -0.490 e. The van der Waals surface area contributed by atoms with Crippen LogP contribution in [0, 0.1) is 0 Å². The third-order valence-electron chi connectivity index (χ3n) is 2.92. The number of rotatable bonds is 6. The average molecular weight is 372 g/mol. The Morgan fingerprint density at radius 1 is 1.10 bits per heavy atom. The molecule has 0 aliphatic carbocycles. The topological polar surface area (TPSA) is 38.7 Å². The van der Waals surface area contributed by atoms with Gasteiger partial charge in [-0.05, 0) is 30.7 Å². The lowest BCUT2D eigenvalue weighted by molar-refractivity contribution is 0.263. The van der Waals surface area contributed by atoms with Gasteiger partial charge in [0, 0.05) is 15.1 Å². The lowest BCUT2D eigenvalue weighted by Crippen LogP contribution is -2.01. The van der Waals surface area contributed by atoms with Gasteiger partial charge in [-0.15, -0.1) is 0 Å². The Hall–Kier alpha value is -1.23. The van der Waals surface area contributed by atoms with Crippen molar-refractivity contribution in [3.8, 4) is 11.5 Å². The largest absolute Gasteiger partial charge is 0.490 e. The summed E-state index contributed by atoms with van der Waals surface area (Å²) in [5, 5.41) is 9.97. The molecule has 5 heteroatoms. The molecule has 0 unspecified atom stereocenters. The van der Waals surface area contributed by atoms with Crippen LogP contribution in [0.1, 0.15) is 18.1 Å². The molecule has 2 aromatic carbocycles. The summed E-state index contributed by atoms with van der Waals surface area (Å²) in [5.41, 5.74) is 1.66. The molecule has 112 valence electrons. The molecule has 0 aliphatic heterocycles. The van der Waals surface area contributed by atoms with Gasteiger partial charge >= 0.3 is 0 Å². The summed E-state index contributed by atoms with van der Waals surface area (Å²) >= 11 is 9.53. The highest BCUT2D eigenvalue weighted by Crippen LogP contribution is 2.34. The van der Waals surface area contributed by atoms with Crippen molar-refractivity contribution in [3.63, 3.8) is 0 Å². The Kier molecular flexibility index (Phi) is 5.91. The van der Waals surface area contributed by atoms with Gasteiger partial charge in [0.1, 0.15) is 6.61 Å². The highest BCUT2D eigenvalue weighted by Gasteiger charge is 2.11. The van der Waals surface area contributed by atoms with Gasteiger partial charge in [-0.2, -0.15) is 0 Å². The molecule has 0 saturated heterocycles. The molecule has 0 atom stereocenters. The standard InChI is InChI=1S/C16H16BrClO3/c1-2-20-15-7-12(9-19)13(17)8-16(15)21-10-11-5-3-4-6-14(11)18/h3-8,19H,2,9-10H2,1H3. The van der Waals surface area contributed by atoms with Gasteiger partial charge in [0.25, 0.3) is 0 Å². The summed E-state index contributed by atoms with van der Waals surface area (Å²) in [6, 6.07) is 11.1. The monoisotopic (exact) mass is 370 g/mol. The number of halogens is 2. The van der Waals surface area contributed by atoms with Gasteiger partial charge in [-0.25, -0.2) is 0 Å². The fourth-order valence-corrected chi connectivity index (χ4v) is 2.49. The second kappa shape index (κ2) is 7.69. The first kappa shape index (κ1) is 16.1. The zero-order valence-corrected chi connectivity index (χ0v) is 13.9. The Balaban J connectivity index is 2.22. The summed E-state index contributed by atoms with van der Waals surface area (Å²) in [6.45, 7) is 2.71. The van der Waals surface area contributed by atoms with Crippen LogP contribution in [0.3, 0.4) is 0 Å². The van der Waals surface area contributed by atoms with E-state index in [1.165, 1.54) is 0 Å². The third kappa shape index (κ3) is 4.13. The molecule has 0 fully saturated rings. The van der Waals surface area contributed by atoms with Crippen LogP contribution in [0.2, 0.25) is 5.02 Å². The normalized spacial score (nSPS) is 10.5. The van der Waals surface area contributed by atoms with Gasteiger partial charge in [0.05, 0.1) is 13.2 Å². The maximum absolute atomic E-state index is 9.30. The zero-order valence-electron chi connectivity index (χ0n) is 11.6. The van der Waals surface area contributed by atoms with Crippen molar-refractivity contribution in [1.29, 1.82) is 0 Å². The fourth-order valence-electron chi connectivity index (χ4n) is 1.85. The van der Waals surface area contributed by atoms with Crippen LogP contribution in [-0.4, -0.2) is 11.7 Å². The highest BCUT2D eigenvalue weighted by molar-refractivity contribution is 9.10. The van der Waals surface area contributed by atoms with Crippen LogP contribution in [0.5, 0.6) is 11.5 Å². The van der Waals surface area contributed by atoms with Gasteiger partial charge in [-0.1, -0.05) is 45.7 Å². The van der Waals surface area contributed by atoms with E-state index in [0.29, 0.717) is 29.7 Å². The molecular weight excluding hydrogens is 356 g/mol. The fraction of sp³-hybridized carbons (Fsp3) is 0.250. The maximum Gasteiger partial charge on any atom is 0.162 e. The van der Waals surface area contributed by atoms with Crippen LogP contribution in [-0.2, 0) is 13.2 Å². The van der Waals surface area contributed by atoms with Crippen LogP contribution in [0.4, 0.5) is 0 Å². The number of aliphatic hydroxyl groups is 1. The third-order valence-corrected chi connectivity index (χ3v) is 4.03. The minimum atomic E-state index is -0.0640. The van der Waals surface area contributed by atoms with E-state index in [-0.39, 0.29) is 6.61 Å². The van der Waals surface area contributed by atoms with E-state index < -0.39 is 0 Å². The summed E-state index contributed by atoms with van der Waals surface area (Å²) in [5.74, 6) is 1.22. The van der Waals surface area contributed by atoms with Crippen LogP contribution >= 0.6 is 27.5 Å². The molecule has 0 bridgehead atoms.